The maximum Gasteiger partial charge on any atom is 0.261 e. The van der Waals surface area contributed by atoms with Crippen molar-refractivity contribution >= 4 is 11.9 Å². The van der Waals surface area contributed by atoms with Crippen molar-refractivity contribution in [2.75, 3.05) is 14.2 Å². The van der Waals surface area contributed by atoms with E-state index in [0.29, 0.717) is 0 Å². The lowest BCUT2D eigenvalue weighted by Crippen LogP contribution is -2.13. The second-order valence-corrected chi connectivity index (χ2v) is 3.81. The fraction of sp³-hybridized carbons (Fsp3) is 0.133. The first-order valence-electron chi connectivity index (χ1n) is 5.57. The highest BCUT2D eigenvalue weighted by atomic mass is 16.5. The molecule has 1 aliphatic carbocycles. The summed E-state index contributed by atoms with van der Waals surface area (Å²) in [5, 5.41) is 0. The van der Waals surface area contributed by atoms with Gasteiger partial charge in [0.15, 0.2) is 11.5 Å². The average molecular weight is 242 g/mol. The second-order valence-electron chi connectivity index (χ2n) is 3.81. The first-order valence-corrected chi connectivity index (χ1v) is 5.57. The van der Waals surface area contributed by atoms with E-state index in [9.17, 15) is 4.79 Å². The third kappa shape index (κ3) is 2.51. The molecule has 0 amide bonds. The summed E-state index contributed by atoms with van der Waals surface area (Å²) in [6, 6.07) is 9.86. The third-order valence-electron chi connectivity index (χ3n) is 2.62. The van der Waals surface area contributed by atoms with Crippen LogP contribution in [0.1, 0.15) is 5.56 Å². The predicted molar refractivity (Wildman–Crippen MR) is 69.6 cm³/mol. The standard InChI is InChI=1S/C15H14O3/c1-17-13-9-12(10-14(18-2)15(13)16)8-11-6-4-3-5-7-11/h3-10H,1-2H3. The number of carbonyl (C=O) groups excluding carboxylic acids is 1. The van der Waals surface area contributed by atoms with Crippen LogP contribution in [-0.2, 0) is 14.3 Å². The molecular formula is C15H14O3. The lowest BCUT2D eigenvalue weighted by Gasteiger charge is -2.13. The molecule has 0 bridgehead atoms. The Morgan fingerprint density at radius 3 is 2.00 bits per heavy atom. The minimum atomic E-state index is -0.231. The van der Waals surface area contributed by atoms with Crippen LogP contribution < -0.4 is 0 Å². The van der Waals surface area contributed by atoms with Crippen molar-refractivity contribution in [1.29, 1.82) is 0 Å². The Morgan fingerprint density at radius 1 is 0.944 bits per heavy atom. The largest absolute Gasteiger partial charge is 0.492 e. The van der Waals surface area contributed by atoms with Crippen LogP contribution in [0.25, 0.3) is 6.08 Å². The first-order chi connectivity index (χ1) is 8.74. The second kappa shape index (κ2) is 5.36. The van der Waals surface area contributed by atoms with Gasteiger partial charge < -0.3 is 9.47 Å². The molecule has 0 unspecified atom stereocenters. The van der Waals surface area contributed by atoms with Crippen LogP contribution in [-0.4, -0.2) is 20.0 Å². The summed E-state index contributed by atoms with van der Waals surface area (Å²) in [5.74, 6) is 0.346. The molecule has 3 heteroatoms. The lowest BCUT2D eigenvalue weighted by atomic mass is 10.0. The zero-order chi connectivity index (χ0) is 13.0. The molecule has 18 heavy (non-hydrogen) atoms. The Bertz CT molecular complexity index is 510. The molecule has 1 aromatic rings. The molecule has 0 fully saturated rings. The van der Waals surface area contributed by atoms with E-state index in [1.807, 2.05) is 36.4 Å². The number of allylic oxidation sites excluding steroid dienone is 3. The zero-order valence-corrected chi connectivity index (χ0v) is 10.3. The predicted octanol–water partition coefficient (Wildman–Crippen LogP) is 2.71. The number of hydrogen-bond donors (Lipinski definition) is 0. The summed E-state index contributed by atoms with van der Waals surface area (Å²) in [6.45, 7) is 0. The van der Waals surface area contributed by atoms with E-state index >= 15 is 0 Å². The number of Topliss-reactive ketones (excluding diaryl/α,β-unsaturated/α-hetero) is 1. The number of hydrogen-bond acceptors (Lipinski definition) is 3. The summed E-state index contributed by atoms with van der Waals surface area (Å²) in [6.07, 6.45) is 5.38. The van der Waals surface area contributed by atoms with Gasteiger partial charge in [0.05, 0.1) is 14.2 Å². The maximum atomic E-state index is 11.8. The van der Waals surface area contributed by atoms with E-state index in [-0.39, 0.29) is 17.3 Å². The Labute approximate surface area is 106 Å². The number of benzene rings is 1. The van der Waals surface area contributed by atoms with Gasteiger partial charge in [-0.25, -0.2) is 0 Å². The van der Waals surface area contributed by atoms with Crippen LogP contribution in [0.15, 0.2) is 59.6 Å². The topological polar surface area (TPSA) is 35.5 Å². The van der Waals surface area contributed by atoms with Crippen molar-refractivity contribution in [2.45, 2.75) is 0 Å². The molecule has 2 rings (SSSR count). The Kier molecular flexibility index (Phi) is 3.63. The summed E-state index contributed by atoms with van der Waals surface area (Å²) in [7, 11) is 2.95. The normalized spacial score (nSPS) is 14.8. The van der Waals surface area contributed by atoms with E-state index in [0.717, 1.165) is 11.1 Å². The molecule has 1 aromatic carbocycles. The van der Waals surface area contributed by atoms with Gasteiger partial charge in [-0.05, 0) is 29.4 Å². The van der Waals surface area contributed by atoms with E-state index in [2.05, 4.69) is 0 Å². The van der Waals surface area contributed by atoms with Crippen molar-refractivity contribution < 1.29 is 14.3 Å². The van der Waals surface area contributed by atoms with Gasteiger partial charge in [0.25, 0.3) is 5.78 Å². The molecule has 0 saturated carbocycles. The number of methoxy groups -OCH3 is 2. The van der Waals surface area contributed by atoms with Crippen molar-refractivity contribution in [2.24, 2.45) is 0 Å². The molecule has 92 valence electrons. The number of rotatable bonds is 3. The average Bonchev–Trinajstić information content (AvgIpc) is 2.41. The third-order valence-corrected chi connectivity index (χ3v) is 2.62. The van der Waals surface area contributed by atoms with Crippen LogP contribution in [0.5, 0.6) is 0 Å². The summed E-state index contributed by atoms with van der Waals surface area (Å²) in [5.41, 5.74) is 1.93. The molecule has 0 atom stereocenters. The fourth-order valence-electron chi connectivity index (χ4n) is 1.73. The molecule has 3 nitrogen and oxygen atoms in total. The molecule has 0 heterocycles. The van der Waals surface area contributed by atoms with Crippen LogP contribution in [0.4, 0.5) is 0 Å². The van der Waals surface area contributed by atoms with Gasteiger partial charge in [-0.2, -0.15) is 0 Å². The number of ether oxygens (including phenoxy) is 2. The van der Waals surface area contributed by atoms with Gasteiger partial charge in [-0.15, -0.1) is 0 Å². The Balaban J connectivity index is 2.39. The molecule has 0 spiro atoms. The first kappa shape index (κ1) is 12.2. The fourth-order valence-corrected chi connectivity index (χ4v) is 1.73. The van der Waals surface area contributed by atoms with Crippen molar-refractivity contribution in [1.82, 2.24) is 0 Å². The van der Waals surface area contributed by atoms with Crippen molar-refractivity contribution in [3.8, 4) is 0 Å². The number of ketones is 1. The minimum absolute atomic E-state index is 0.231. The monoisotopic (exact) mass is 242 g/mol. The zero-order valence-electron chi connectivity index (χ0n) is 10.3. The highest BCUT2D eigenvalue weighted by Gasteiger charge is 2.21. The molecule has 0 aromatic heterocycles. The SMILES string of the molecule is COC1=CC(=Cc2ccccc2)C=C(OC)C1=O. The maximum absolute atomic E-state index is 11.8. The Hall–Kier alpha value is -2.29. The van der Waals surface area contributed by atoms with E-state index < -0.39 is 0 Å². The van der Waals surface area contributed by atoms with Crippen molar-refractivity contribution in [3.63, 3.8) is 0 Å². The molecule has 0 N–H and O–H groups in total. The highest BCUT2D eigenvalue weighted by molar-refractivity contribution is 6.07. The van der Waals surface area contributed by atoms with Crippen LogP contribution in [0.3, 0.4) is 0 Å². The smallest absolute Gasteiger partial charge is 0.261 e. The van der Waals surface area contributed by atoms with Gasteiger partial charge in [-0.3, -0.25) is 4.79 Å². The van der Waals surface area contributed by atoms with Crippen LogP contribution in [0.2, 0.25) is 0 Å². The van der Waals surface area contributed by atoms with Crippen LogP contribution >= 0.6 is 0 Å². The molecule has 0 saturated heterocycles. The van der Waals surface area contributed by atoms with E-state index in [1.54, 1.807) is 12.2 Å². The molecular weight excluding hydrogens is 228 g/mol. The van der Waals surface area contributed by atoms with Gasteiger partial charge in [0.1, 0.15) is 0 Å². The van der Waals surface area contributed by atoms with Gasteiger partial charge >= 0.3 is 0 Å². The summed E-state index contributed by atoms with van der Waals surface area (Å²) >= 11 is 0. The number of carbonyl (C=O) groups is 1. The highest BCUT2D eigenvalue weighted by Crippen LogP contribution is 2.21. The summed E-state index contributed by atoms with van der Waals surface area (Å²) in [4.78, 5) is 11.8. The van der Waals surface area contributed by atoms with Gasteiger partial charge in [-0.1, -0.05) is 30.3 Å². The van der Waals surface area contributed by atoms with Crippen LogP contribution in [0, 0.1) is 0 Å². The van der Waals surface area contributed by atoms with E-state index in [4.69, 9.17) is 9.47 Å². The van der Waals surface area contributed by atoms with Crippen molar-refractivity contribution in [3.05, 3.63) is 65.1 Å². The van der Waals surface area contributed by atoms with E-state index in [1.165, 1.54) is 14.2 Å². The molecule has 0 radical (unpaired) electrons. The molecule has 0 aliphatic heterocycles. The quantitative estimate of drug-likeness (QED) is 0.817. The van der Waals surface area contributed by atoms with Gasteiger partial charge in [0.2, 0.25) is 0 Å². The Morgan fingerprint density at radius 2 is 1.50 bits per heavy atom. The lowest BCUT2D eigenvalue weighted by molar-refractivity contribution is -0.117. The van der Waals surface area contributed by atoms with Gasteiger partial charge in [0, 0.05) is 0 Å². The summed E-state index contributed by atoms with van der Waals surface area (Å²) < 4.78 is 10.1. The molecule has 1 aliphatic rings. The minimum Gasteiger partial charge on any atom is -0.492 e.